The second kappa shape index (κ2) is 14.2. The molecule has 4 amide bonds. The Balaban J connectivity index is 1.38. The zero-order valence-electron chi connectivity index (χ0n) is 24.8. The van der Waals surface area contributed by atoms with Gasteiger partial charge in [0.1, 0.15) is 11.4 Å². The van der Waals surface area contributed by atoms with Crippen molar-refractivity contribution in [3.8, 4) is 5.75 Å². The molecule has 4 rings (SSSR count). The molecule has 0 spiro atoms. The lowest BCUT2D eigenvalue weighted by molar-refractivity contribution is -0.274. The molecule has 0 saturated carbocycles. The van der Waals surface area contributed by atoms with E-state index >= 15 is 0 Å². The van der Waals surface area contributed by atoms with E-state index in [4.69, 9.17) is 4.74 Å². The number of hydrogen-bond acceptors (Lipinski definition) is 10. The van der Waals surface area contributed by atoms with Crippen LogP contribution in [0.4, 0.5) is 28.7 Å². The number of amides is 4. The highest BCUT2D eigenvalue weighted by atomic mass is 32.2. The molecule has 2 aromatic rings. The Bertz CT molecular complexity index is 1460. The number of piperidine rings is 1. The number of rotatable bonds is 9. The summed E-state index contributed by atoms with van der Waals surface area (Å²) >= 11 is 0.794. The fourth-order valence-corrected chi connectivity index (χ4v) is 5.44. The van der Waals surface area contributed by atoms with Gasteiger partial charge in [0.25, 0.3) is 11.1 Å². The lowest BCUT2D eigenvalue weighted by atomic mass is 9.87. The van der Waals surface area contributed by atoms with Crippen LogP contribution in [0, 0.1) is 5.92 Å². The molecule has 1 aromatic carbocycles. The number of thioether (sulfide) groups is 1. The molecule has 0 radical (unpaired) electrons. The Morgan fingerprint density at radius 3 is 2.56 bits per heavy atom. The van der Waals surface area contributed by atoms with Crippen LogP contribution in [0.25, 0.3) is 6.08 Å². The van der Waals surface area contributed by atoms with Crippen LogP contribution in [-0.4, -0.2) is 64.2 Å². The number of carbonyl (C=O) groups is 4. The summed E-state index contributed by atoms with van der Waals surface area (Å²) in [7, 11) is 0. The first kappa shape index (κ1) is 33.6. The Morgan fingerprint density at radius 2 is 1.91 bits per heavy atom. The van der Waals surface area contributed by atoms with Crippen LogP contribution in [0.15, 0.2) is 41.4 Å². The van der Waals surface area contributed by atoms with E-state index in [1.807, 2.05) is 4.90 Å². The molecule has 2 fully saturated rings. The predicted molar refractivity (Wildman–Crippen MR) is 159 cm³/mol. The van der Waals surface area contributed by atoms with Gasteiger partial charge in [-0.1, -0.05) is 12.1 Å². The van der Waals surface area contributed by atoms with Crippen LogP contribution >= 0.6 is 11.8 Å². The molecule has 2 aliphatic rings. The minimum atomic E-state index is -4.83. The number of nitrogens with one attached hydrogen (secondary N) is 3. The SMILES string of the molecule is CC(C)(C)OC(=O)NC(CC(=O)NCc1cccc(OC(F)(F)F)c1)C1CCN(c2nccc(C=C3SC(=O)NC3=O)n2)CC1. The molecule has 1 aromatic heterocycles. The summed E-state index contributed by atoms with van der Waals surface area (Å²) in [6, 6.07) is 6.34. The highest BCUT2D eigenvalue weighted by Gasteiger charge is 2.33. The quantitative estimate of drug-likeness (QED) is 0.331. The van der Waals surface area contributed by atoms with E-state index in [9.17, 15) is 32.3 Å². The molecule has 45 heavy (non-hydrogen) atoms. The zero-order chi connectivity index (χ0) is 32.8. The normalized spacial score (nSPS) is 17.6. The summed E-state index contributed by atoms with van der Waals surface area (Å²) in [5, 5.41) is 7.28. The van der Waals surface area contributed by atoms with Gasteiger partial charge in [0.2, 0.25) is 11.9 Å². The molecule has 16 heteroatoms. The minimum absolute atomic E-state index is 0.0380. The van der Waals surface area contributed by atoms with Crippen LogP contribution in [0.3, 0.4) is 0 Å². The molecule has 0 bridgehead atoms. The largest absolute Gasteiger partial charge is 0.573 e. The number of halogens is 3. The molecule has 1 atom stereocenters. The second-order valence-electron chi connectivity index (χ2n) is 11.4. The standard InChI is InChI=1S/C29H33F3N6O6S/c1-28(2,3)44-26(41)36-21(15-23(39)34-16-17-5-4-6-20(13-17)43-29(30,31)32)18-8-11-38(12-9-18)25-33-10-7-19(35-25)14-22-24(40)37-27(42)45-22/h4-7,10,13-14,18,21H,8-9,11-12,15-16H2,1-3H3,(H,34,39)(H,36,41)(H,37,40,42). The molecule has 242 valence electrons. The first-order valence-electron chi connectivity index (χ1n) is 14.1. The van der Waals surface area contributed by atoms with Crippen molar-refractivity contribution < 1.29 is 41.8 Å². The third-order valence-electron chi connectivity index (χ3n) is 6.71. The van der Waals surface area contributed by atoms with Gasteiger partial charge in [0, 0.05) is 38.3 Å². The van der Waals surface area contributed by atoms with E-state index < -0.39 is 46.9 Å². The summed E-state index contributed by atoms with van der Waals surface area (Å²) in [6.45, 7) is 6.16. The van der Waals surface area contributed by atoms with Gasteiger partial charge in [-0.3, -0.25) is 19.7 Å². The number of hydrogen-bond donors (Lipinski definition) is 3. The molecular weight excluding hydrogens is 617 g/mol. The maximum atomic E-state index is 13.0. The van der Waals surface area contributed by atoms with Crippen molar-refractivity contribution in [3.05, 3.63) is 52.7 Å². The van der Waals surface area contributed by atoms with Crippen LogP contribution in [0.5, 0.6) is 5.75 Å². The summed E-state index contributed by atoms with van der Waals surface area (Å²) in [6.07, 6.45) is -1.36. The number of anilines is 1. The third kappa shape index (κ3) is 10.7. The van der Waals surface area contributed by atoms with E-state index in [0.717, 1.165) is 11.8 Å². The summed E-state index contributed by atoms with van der Waals surface area (Å²) in [5.41, 5.74) is 0.115. The fourth-order valence-electron chi connectivity index (χ4n) is 4.77. The van der Waals surface area contributed by atoms with E-state index in [0.29, 0.717) is 43.1 Å². The van der Waals surface area contributed by atoms with Crippen molar-refractivity contribution in [3.63, 3.8) is 0 Å². The monoisotopic (exact) mass is 650 g/mol. The molecule has 3 heterocycles. The van der Waals surface area contributed by atoms with Gasteiger partial charge in [-0.15, -0.1) is 13.2 Å². The molecule has 2 aliphatic heterocycles. The molecular formula is C29H33F3N6O6S. The van der Waals surface area contributed by atoms with E-state index in [1.54, 1.807) is 39.1 Å². The van der Waals surface area contributed by atoms with Gasteiger partial charge in [-0.25, -0.2) is 14.8 Å². The van der Waals surface area contributed by atoms with Crippen LogP contribution < -0.4 is 25.6 Å². The van der Waals surface area contributed by atoms with E-state index in [1.165, 1.54) is 24.3 Å². The van der Waals surface area contributed by atoms with Crippen molar-refractivity contribution in [2.24, 2.45) is 5.92 Å². The van der Waals surface area contributed by atoms with Crippen LogP contribution in [0.1, 0.15) is 51.3 Å². The number of ether oxygens (including phenoxy) is 2. The van der Waals surface area contributed by atoms with Gasteiger partial charge in [0.15, 0.2) is 0 Å². The average Bonchev–Trinajstić information content (AvgIpc) is 3.26. The van der Waals surface area contributed by atoms with Crippen molar-refractivity contribution in [1.82, 2.24) is 25.9 Å². The first-order chi connectivity index (χ1) is 21.1. The lowest BCUT2D eigenvalue weighted by Crippen LogP contribution is -2.49. The maximum Gasteiger partial charge on any atom is 0.573 e. The first-order valence-corrected chi connectivity index (χ1v) is 14.9. The topological polar surface area (TPSA) is 152 Å². The fraction of sp³-hybridized carbons (Fsp3) is 0.448. The molecule has 12 nitrogen and oxygen atoms in total. The molecule has 3 N–H and O–H groups in total. The maximum absolute atomic E-state index is 13.0. The Hall–Kier alpha value is -4.34. The molecule has 1 unspecified atom stereocenters. The van der Waals surface area contributed by atoms with E-state index in [2.05, 4.69) is 30.7 Å². The predicted octanol–water partition coefficient (Wildman–Crippen LogP) is 4.52. The van der Waals surface area contributed by atoms with Crippen molar-refractivity contribution in [2.75, 3.05) is 18.0 Å². The highest BCUT2D eigenvalue weighted by Crippen LogP contribution is 2.28. The summed E-state index contributed by atoms with van der Waals surface area (Å²) < 4.78 is 47.1. The molecule has 0 aliphatic carbocycles. The smallest absolute Gasteiger partial charge is 0.444 e. The van der Waals surface area contributed by atoms with Gasteiger partial charge in [-0.05, 0) is 81.1 Å². The Morgan fingerprint density at radius 1 is 1.18 bits per heavy atom. The number of alkyl halides is 3. The second-order valence-corrected chi connectivity index (χ2v) is 12.4. The average molecular weight is 651 g/mol. The number of benzene rings is 1. The van der Waals surface area contributed by atoms with Crippen molar-refractivity contribution in [1.29, 1.82) is 0 Å². The van der Waals surface area contributed by atoms with Crippen molar-refractivity contribution in [2.45, 2.75) is 64.6 Å². The number of carbonyl (C=O) groups excluding carboxylic acids is 4. The minimum Gasteiger partial charge on any atom is -0.444 e. The third-order valence-corrected chi connectivity index (χ3v) is 7.52. The number of aromatic nitrogens is 2. The van der Waals surface area contributed by atoms with Gasteiger partial charge in [-0.2, -0.15) is 0 Å². The molecule has 2 saturated heterocycles. The Kier molecular flexibility index (Phi) is 10.6. The van der Waals surface area contributed by atoms with Crippen LogP contribution in [-0.2, 0) is 20.9 Å². The lowest BCUT2D eigenvalue weighted by Gasteiger charge is -2.36. The zero-order valence-corrected chi connectivity index (χ0v) is 25.6. The number of alkyl carbamates (subject to hydrolysis) is 1. The Labute approximate surface area is 261 Å². The summed E-state index contributed by atoms with van der Waals surface area (Å²) in [5.74, 6) is -0.962. The van der Waals surface area contributed by atoms with Crippen LogP contribution in [0.2, 0.25) is 0 Å². The summed E-state index contributed by atoms with van der Waals surface area (Å²) in [4.78, 5) is 60.0. The number of nitrogens with zero attached hydrogens (tertiary/aromatic N) is 3. The highest BCUT2D eigenvalue weighted by molar-refractivity contribution is 8.18. The number of imide groups is 1. The van der Waals surface area contributed by atoms with Gasteiger partial charge >= 0.3 is 12.5 Å². The van der Waals surface area contributed by atoms with Gasteiger partial charge < -0.3 is 25.0 Å². The van der Waals surface area contributed by atoms with Crippen molar-refractivity contribution >= 4 is 46.9 Å². The van der Waals surface area contributed by atoms with E-state index in [-0.39, 0.29) is 23.8 Å². The van der Waals surface area contributed by atoms with Gasteiger partial charge in [0.05, 0.1) is 10.6 Å².